The third-order valence-electron chi connectivity index (χ3n) is 3.10. The van der Waals surface area contributed by atoms with Gasteiger partial charge in [0.25, 0.3) is 0 Å². The highest BCUT2D eigenvalue weighted by atomic mass is 19.1. The maximum atomic E-state index is 14.2. The number of carbonyl (C=O) groups is 1. The van der Waals surface area contributed by atoms with Crippen LogP contribution in [0.4, 0.5) is 10.2 Å². The van der Waals surface area contributed by atoms with Crippen molar-refractivity contribution in [2.75, 3.05) is 18.4 Å². The summed E-state index contributed by atoms with van der Waals surface area (Å²) < 4.78 is 14.2. The van der Waals surface area contributed by atoms with Crippen LogP contribution in [0.3, 0.4) is 0 Å². The summed E-state index contributed by atoms with van der Waals surface area (Å²) in [5.41, 5.74) is 4.35. The van der Waals surface area contributed by atoms with Crippen molar-refractivity contribution < 1.29 is 14.3 Å². The van der Waals surface area contributed by atoms with Crippen molar-refractivity contribution in [1.82, 2.24) is 9.97 Å². The number of fused-ring (bicyclic) bond motifs is 1. The Morgan fingerprint density at radius 1 is 1.57 bits per heavy atom. The van der Waals surface area contributed by atoms with Gasteiger partial charge in [-0.25, -0.2) is 14.2 Å². The van der Waals surface area contributed by atoms with E-state index in [0.717, 1.165) is 6.20 Å². The standard InChI is InChI=1S/C13H15FN4O3/c1-6-8-10(19)7(13(20)21)5-17-11(8)18-12(9(6)14)16-4-2-3-15/h5H,2-4,15H2,1H3,(H,20,21)(H2,16,17,18,19). The Morgan fingerprint density at radius 3 is 2.90 bits per heavy atom. The van der Waals surface area contributed by atoms with E-state index < -0.39 is 22.8 Å². The molecule has 0 fully saturated rings. The number of pyridine rings is 2. The Kier molecular flexibility index (Phi) is 4.18. The first-order chi connectivity index (χ1) is 9.97. The summed E-state index contributed by atoms with van der Waals surface area (Å²) in [5, 5.41) is 11.7. The number of hydrogen-bond acceptors (Lipinski definition) is 5. The number of H-pyrrole nitrogens is 1. The molecule has 2 aromatic heterocycles. The predicted molar refractivity (Wildman–Crippen MR) is 76.2 cm³/mol. The van der Waals surface area contributed by atoms with Gasteiger partial charge < -0.3 is 21.1 Å². The number of carboxylic acid groups (broad SMARTS) is 1. The lowest BCUT2D eigenvalue weighted by atomic mass is 10.1. The van der Waals surface area contributed by atoms with Crippen molar-refractivity contribution in [2.24, 2.45) is 5.73 Å². The van der Waals surface area contributed by atoms with Gasteiger partial charge in [0.15, 0.2) is 11.6 Å². The van der Waals surface area contributed by atoms with E-state index in [1.165, 1.54) is 6.92 Å². The minimum Gasteiger partial charge on any atom is -0.477 e. The molecule has 7 nitrogen and oxygen atoms in total. The SMILES string of the molecule is Cc1c(F)c(NCCCN)nc2[nH]cc(C(=O)O)c(=O)c12. The van der Waals surface area contributed by atoms with Gasteiger partial charge in [0.05, 0.1) is 5.39 Å². The molecule has 0 saturated heterocycles. The van der Waals surface area contributed by atoms with Crippen LogP contribution in [0.1, 0.15) is 22.3 Å². The molecule has 0 saturated carbocycles. The topological polar surface area (TPSA) is 121 Å². The summed E-state index contributed by atoms with van der Waals surface area (Å²) in [6, 6.07) is 0. The fourth-order valence-electron chi connectivity index (χ4n) is 1.99. The molecule has 0 radical (unpaired) electrons. The van der Waals surface area contributed by atoms with Crippen molar-refractivity contribution in [3.05, 3.63) is 33.4 Å². The normalized spacial score (nSPS) is 10.8. The molecule has 0 amide bonds. The number of nitrogens with zero attached hydrogens (tertiary/aromatic N) is 1. The van der Waals surface area contributed by atoms with Crippen LogP contribution >= 0.6 is 0 Å². The molecule has 2 rings (SSSR count). The fraction of sp³-hybridized carbons (Fsp3) is 0.308. The number of nitrogens with one attached hydrogen (secondary N) is 2. The summed E-state index contributed by atoms with van der Waals surface area (Å²) in [6.07, 6.45) is 1.70. The van der Waals surface area contributed by atoms with E-state index in [2.05, 4.69) is 15.3 Å². The molecule has 8 heteroatoms. The van der Waals surface area contributed by atoms with Gasteiger partial charge in [-0.05, 0) is 19.9 Å². The van der Waals surface area contributed by atoms with Crippen molar-refractivity contribution in [1.29, 1.82) is 0 Å². The maximum absolute atomic E-state index is 14.2. The molecule has 21 heavy (non-hydrogen) atoms. The smallest absolute Gasteiger partial charge is 0.341 e. The largest absolute Gasteiger partial charge is 0.477 e. The highest BCUT2D eigenvalue weighted by Crippen LogP contribution is 2.21. The molecule has 112 valence electrons. The third-order valence-corrected chi connectivity index (χ3v) is 3.10. The number of aromatic amines is 1. The van der Waals surface area contributed by atoms with Crippen LogP contribution < -0.4 is 16.5 Å². The first-order valence-electron chi connectivity index (χ1n) is 6.36. The van der Waals surface area contributed by atoms with Crippen molar-refractivity contribution in [2.45, 2.75) is 13.3 Å². The van der Waals surface area contributed by atoms with Crippen LogP contribution in [0.25, 0.3) is 11.0 Å². The minimum absolute atomic E-state index is 0.00664. The number of halogens is 1. The second-order valence-electron chi connectivity index (χ2n) is 4.53. The molecule has 0 aliphatic rings. The van der Waals surface area contributed by atoms with Gasteiger partial charge in [0, 0.05) is 18.3 Å². The Balaban J connectivity index is 2.60. The number of rotatable bonds is 5. The van der Waals surface area contributed by atoms with Crippen molar-refractivity contribution >= 4 is 22.8 Å². The van der Waals surface area contributed by atoms with Gasteiger partial charge in [-0.2, -0.15) is 0 Å². The van der Waals surface area contributed by atoms with E-state index in [4.69, 9.17) is 10.8 Å². The first kappa shape index (κ1) is 14.9. The van der Waals surface area contributed by atoms with Gasteiger partial charge in [0.1, 0.15) is 11.2 Å². The van der Waals surface area contributed by atoms with Crippen LogP contribution in [-0.4, -0.2) is 34.1 Å². The zero-order valence-electron chi connectivity index (χ0n) is 11.4. The number of aryl methyl sites for hydroxylation is 1. The Morgan fingerprint density at radius 2 is 2.29 bits per heavy atom. The van der Waals surface area contributed by atoms with Crippen LogP contribution in [0.2, 0.25) is 0 Å². The van der Waals surface area contributed by atoms with Gasteiger partial charge >= 0.3 is 5.97 Å². The van der Waals surface area contributed by atoms with E-state index in [-0.39, 0.29) is 22.4 Å². The minimum atomic E-state index is -1.37. The van der Waals surface area contributed by atoms with Gasteiger partial charge in [-0.1, -0.05) is 0 Å². The lowest BCUT2D eigenvalue weighted by Crippen LogP contribution is -2.18. The second-order valence-corrected chi connectivity index (χ2v) is 4.53. The molecule has 0 unspecified atom stereocenters. The van der Waals surface area contributed by atoms with Crippen LogP contribution in [-0.2, 0) is 0 Å². The molecule has 2 aromatic rings. The van der Waals surface area contributed by atoms with Crippen molar-refractivity contribution in [3.63, 3.8) is 0 Å². The fourth-order valence-corrected chi connectivity index (χ4v) is 1.99. The van der Waals surface area contributed by atoms with Gasteiger partial charge in [-0.15, -0.1) is 0 Å². The molecule has 0 aliphatic heterocycles. The van der Waals surface area contributed by atoms with Crippen LogP contribution in [0.15, 0.2) is 11.0 Å². The number of carboxylic acids is 1. The molecular weight excluding hydrogens is 279 g/mol. The molecule has 0 atom stereocenters. The number of hydrogen-bond donors (Lipinski definition) is 4. The Bertz CT molecular complexity index is 757. The summed E-state index contributed by atoms with van der Waals surface area (Å²) in [4.78, 5) is 29.6. The Labute approximate surface area is 119 Å². The molecule has 0 spiro atoms. The lowest BCUT2D eigenvalue weighted by Gasteiger charge is -2.10. The number of nitrogens with two attached hydrogens (primary N) is 1. The molecule has 5 N–H and O–H groups in total. The van der Waals surface area contributed by atoms with Crippen LogP contribution in [0, 0.1) is 12.7 Å². The van der Waals surface area contributed by atoms with E-state index in [1.807, 2.05) is 0 Å². The number of aromatic nitrogens is 2. The summed E-state index contributed by atoms with van der Waals surface area (Å²) in [6.45, 7) is 2.32. The number of aromatic carboxylic acids is 1. The highest BCUT2D eigenvalue weighted by Gasteiger charge is 2.18. The Hall–Kier alpha value is -2.48. The zero-order chi connectivity index (χ0) is 15.6. The average molecular weight is 294 g/mol. The number of anilines is 1. The summed E-state index contributed by atoms with van der Waals surface area (Å²) in [7, 11) is 0. The molecular formula is C13H15FN4O3. The molecule has 0 aromatic carbocycles. The molecule has 0 bridgehead atoms. The van der Waals surface area contributed by atoms with E-state index in [9.17, 15) is 14.0 Å². The van der Waals surface area contributed by atoms with E-state index in [0.29, 0.717) is 19.5 Å². The molecule has 2 heterocycles. The maximum Gasteiger partial charge on any atom is 0.341 e. The van der Waals surface area contributed by atoms with E-state index >= 15 is 0 Å². The second kappa shape index (κ2) is 5.88. The summed E-state index contributed by atoms with van der Waals surface area (Å²) in [5.74, 6) is -2.04. The highest BCUT2D eigenvalue weighted by molar-refractivity contribution is 5.92. The zero-order valence-corrected chi connectivity index (χ0v) is 11.4. The lowest BCUT2D eigenvalue weighted by molar-refractivity contribution is 0.0695. The quantitative estimate of drug-likeness (QED) is 0.606. The molecule has 0 aliphatic carbocycles. The van der Waals surface area contributed by atoms with Crippen LogP contribution in [0.5, 0.6) is 0 Å². The predicted octanol–water partition coefficient (Wildman–Crippen LogP) is 0.830. The third kappa shape index (κ3) is 2.70. The monoisotopic (exact) mass is 294 g/mol. The van der Waals surface area contributed by atoms with E-state index in [1.54, 1.807) is 0 Å². The van der Waals surface area contributed by atoms with Gasteiger partial charge in [-0.3, -0.25) is 4.79 Å². The average Bonchev–Trinajstić information content (AvgIpc) is 2.44. The van der Waals surface area contributed by atoms with Gasteiger partial charge in [0.2, 0.25) is 5.43 Å². The summed E-state index contributed by atoms with van der Waals surface area (Å²) >= 11 is 0. The van der Waals surface area contributed by atoms with Crippen molar-refractivity contribution in [3.8, 4) is 0 Å². The first-order valence-corrected chi connectivity index (χ1v) is 6.36.